The molecule has 0 radical (unpaired) electrons. The Morgan fingerprint density at radius 1 is 1.10 bits per heavy atom. The Morgan fingerprint density at radius 3 is 2.71 bits per heavy atom. The van der Waals surface area contributed by atoms with E-state index in [0.717, 1.165) is 45.7 Å². The zero-order chi connectivity index (χ0) is 14.7. The Balaban J connectivity index is 1.71. The summed E-state index contributed by atoms with van der Waals surface area (Å²) in [5.74, 6) is 0. The second kappa shape index (κ2) is 6.56. The summed E-state index contributed by atoms with van der Waals surface area (Å²) in [6.45, 7) is 6.22. The maximum absolute atomic E-state index is 9.06. The second-order valence-electron chi connectivity index (χ2n) is 5.78. The number of aromatic nitrogens is 2. The van der Waals surface area contributed by atoms with Crippen molar-refractivity contribution < 1.29 is 5.11 Å². The van der Waals surface area contributed by atoms with Gasteiger partial charge in [-0.15, -0.1) is 0 Å². The molecule has 2 heterocycles. The number of aliphatic hydroxyl groups is 1. The van der Waals surface area contributed by atoms with Crippen LogP contribution in [0.1, 0.15) is 12.1 Å². The van der Waals surface area contributed by atoms with E-state index in [0.29, 0.717) is 0 Å². The average molecular weight is 288 g/mol. The van der Waals surface area contributed by atoms with Gasteiger partial charge in [0.2, 0.25) is 0 Å². The molecular formula is C16H24N4O. The van der Waals surface area contributed by atoms with Crippen molar-refractivity contribution in [2.75, 3.05) is 39.3 Å². The number of fused-ring (bicyclic) bond motifs is 1. The lowest BCUT2D eigenvalue weighted by Crippen LogP contribution is -2.32. The number of hydrogen-bond donors (Lipinski definition) is 1. The third-order valence-corrected chi connectivity index (χ3v) is 4.31. The minimum absolute atomic E-state index is 0.255. The highest BCUT2D eigenvalue weighted by Gasteiger charge is 2.17. The Kier molecular flexibility index (Phi) is 4.53. The molecule has 1 N–H and O–H groups in total. The highest BCUT2D eigenvalue weighted by atomic mass is 16.3. The van der Waals surface area contributed by atoms with Gasteiger partial charge in [0.25, 0.3) is 0 Å². The monoisotopic (exact) mass is 288 g/mol. The van der Waals surface area contributed by atoms with Crippen LogP contribution in [0.25, 0.3) is 10.9 Å². The highest BCUT2D eigenvalue weighted by molar-refractivity contribution is 5.81. The SMILES string of the molecule is Cn1nc(CN2CCCN(CCO)CC2)c2ccccc21. The molecule has 0 spiro atoms. The number of β-amino-alcohol motifs (C(OH)–C–C–N with tert-alkyl or cyclic N) is 1. The summed E-state index contributed by atoms with van der Waals surface area (Å²) < 4.78 is 1.97. The van der Waals surface area contributed by atoms with Gasteiger partial charge in [0.1, 0.15) is 0 Å². The Morgan fingerprint density at radius 2 is 1.86 bits per heavy atom. The van der Waals surface area contributed by atoms with Crippen LogP contribution in [0.2, 0.25) is 0 Å². The van der Waals surface area contributed by atoms with Crippen LogP contribution in [-0.4, -0.2) is 64.0 Å². The number of benzene rings is 1. The van der Waals surface area contributed by atoms with Gasteiger partial charge in [0, 0.05) is 38.6 Å². The van der Waals surface area contributed by atoms with Crippen molar-refractivity contribution in [1.82, 2.24) is 19.6 Å². The molecule has 21 heavy (non-hydrogen) atoms. The quantitative estimate of drug-likeness (QED) is 0.914. The van der Waals surface area contributed by atoms with Gasteiger partial charge in [0.05, 0.1) is 17.8 Å². The first-order valence-corrected chi connectivity index (χ1v) is 7.74. The van der Waals surface area contributed by atoms with Crippen LogP contribution in [-0.2, 0) is 13.6 Å². The van der Waals surface area contributed by atoms with Crippen LogP contribution in [0.5, 0.6) is 0 Å². The number of nitrogens with zero attached hydrogens (tertiary/aromatic N) is 4. The standard InChI is InChI=1S/C16H24N4O/c1-18-16-6-3-2-5-14(16)15(17-18)13-20-8-4-7-19(9-10-20)11-12-21/h2-3,5-6,21H,4,7-13H2,1H3. The van der Waals surface area contributed by atoms with Gasteiger partial charge in [-0.1, -0.05) is 18.2 Å². The maximum Gasteiger partial charge on any atom is 0.0843 e. The average Bonchev–Trinajstić information content (AvgIpc) is 2.67. The molecule has 114 valence electrons. The van der Waals surface area contributed by atoms with E-state index in [-0.39, 0.29) is 6.61 Å². The van der Waals surface area contributed by atoms with Crippen molar-refractivity contribution in [3.63, 3.8) is 0 Å². The molecule has 5 heteroatoms. The van der Waals surface area contributed by atoms with Gasteiger partial charge in [-0.05, 0) is 25.6 Å². The van der Waals surface area contributed by atoms with Crippen molar-refractivity contribution in [2.24, 2.45) is 7.05 Å². The van der Waals surface area contributed by atoms with E-state index < -0.39 is 0 Å². The van der Waals surface area contributed by atoms with Gasteiger partial charge < -0.3 is 5.11 Å². The zero-order valence-electron chi connectivity index (χ0n) is 12.7. The summed E-state index contributed by atoms with van der Waals surface area (Å²) in [6.07, 6.45) is 1.16. The minimum Gasteiger partial charge on any atom is -0.395 e. The van der Waals surface area contributed by atoms with Crippen molar-refractivity contribution >= 4 is 10.9 Å². The first-order valence-electron chi connectivity index (χ1n) is 7.74. The second-order valence-corrected chi connectivity index (χ2v) is 5.78. The molecule has 1 aliphatic rings. The molecular weight excluding hydrogens is 264 g/mol. The lowest BCUT2D eigenvalue weighted by molar-refractivity contribution is 0.195. The molecule has 1 saturated heterocycles. The van der Waals surface area contributed by atoms with Crippen LogP contribution >= 0.6 is 0 Å². The van der Waals surface area contributed by atoms with E-state index in [4.69, 9.17) is 10.2 Å². The Bertz CT molecular complexity index is 595. The lowest BCUT2D eigenvalue weighted by Gasteiger charge is -2.20. The van der Waals surface area contributed by atoms with Crippen LogP contribution in [0, 0.1) is 0 Å². The molecule has 0 amide bonds. The predicted molar refractivity (Wildman–Crippen MR) is 84.1 cm³/mol. The summed E-state index contributed by atoms with van der Waals surface area (Å²) in [7, 11) is 2.01. The summed E-state index contributed by atoms with van der Waals surface area (Å²) in [5, 5.41) is 15.0. The molecule has 0 aliphatic carbocycles. The number of aliphatic hydroxyl groups excluding tert-OH is 1. The highest BCUT2D eigenvalue weighted by Crippen LogP contribution is 2.19. The van der Waals surface area contributed by atoms with Gasteiger partial charge in [-0.2, -0.15) is 5.10 Å². The summed E-state index contributed by atoms with van der Waals surface area (Å²) in [4.78, 5) is 4.82. The summed E-state index contributed by atoms with van der Waals surface area (Å²) in [5.41, 5.74) is 2.37. The first kappa shape index (κ1) is 14.5. The van der Waals surface area contributed by atoms with Gasteiger partial charge in [0.15, 0.2) is 0 Å². The fourth-order valence-electron chi connectivity index (χ4n) is 3.16. The minimum atomic E-state index is 0.255. The molecule has 1 fully saturated rings. The molecule has 3 rings (SSSR count). The number of aryl methyl sites for hydroxylation is 1. The van der Waals surface area contributed by atoms with E-state index >= 15 is 0 Å². The lowest BCUT2D eigenvalue weighted by atomic mass is 10.2. The number of hydrogen-bond acceptors (Lipinski definition) is 4. The molecule has 0 atom stereocenters. The van der Waals surface area contributed by atoms with E-state index in [1.807, 2.05) is 11.7 Å². The number of para-hydroxylation sites is 1. The van der Waals surface area contributed by atoms with Crippen molar-refractivity contribution in [3.8, 4) is 0 Å². The molecule has 5 nitrogen and oxygen atoms in total. The maximum atomic E-state index is 9.06. The van der Waals surface area contributed by atoms with Crippen LogP contribution in [0.3, 0.4) is 0 Å². The van der Waals surface area contributed by atoms with E-state index in [1.54, 1.807) is 0 Å². The zero-order valence-corrected chi connectivity index (χ0v) is 12.7. The topological polar surface area (TPSA) is 44.5 Å². The Hall–Kier alpha value is -1.43. The molecule has 1 aliphatic heterocycles. The first-order chi connectivity index (χ1) is 10.3. The largest absolute Gasteiger partial charge is 0.395 e. The molecule has 1 aromatic heterocycles. The predicted octanol–water partition coefficient (Wildman–Crippen LogP) is 1.07. The van der Waals surface area contributed by atoms with E-state index in [1.165, 1.54) is 16.6 Å². The van der Waals surface area contributed by atoms with Crippen LogP contribution < -0.4 is 0 Å². The van der Waals surface area contributed by atoms with Crippen LogP contribution in [0.4, 0.5) is 0 Å². The van der Waals surface area contributed by atoms with Crippen molar-refractivity contribution in [3.05, 3.63) is 30.0 Å². The number of rotatable bonds is 4. The van der Waals surface area contributed by atoms with Crippen molar-refractivity contribution in [1.29, 1.82) is 0 Å². The van der Waals surface area contributed by atoms with E-state index in [9.17, 15) is 0 Å². The molecule has 2 aromatic rings. The van der Waals surface area contributed by atoms with Crippen molar-refractivity contribution in [2.45, 2.75) is 13.0 Å². The van der Waals surface area contributed by atoms with Gasteiger partial charge >= 0.3 is 0 Å². The third-order valence-electron chi connectivity index (χ3n) is 4.31. The van der Waals surface area contributed by atoms with E-state index in [2.05, 4.69) is 34.1 Å². The normalized spacial score (nSPS) is 18.2. The molecule has 0 unspecified atom stereocenters. The molecule has 1 aromatic carbocycles. The van der Waals surface area contributed by atoms with Crippen LogP contribution in [0.15, 0.2) is 24.3 Å². The molecule has 0 bridgehead atoms. The third kappa shape index (κ3) is 3.26. The Labute approximate surface area is 125 Å². The molecule has 0 saturated carbocycles. The summed E-state index contributed by atoms with van der Waals surface area (Å²) in [6, 6.07) is 8.43. The smallest absolute Gasteiger partial charge is 0.0843 e. The van der Waals surface area contributed by atoms with Gasteiger partial charge in [-0.25, -0.2) is 0 Å². The fourth-order valence-corrected chi connectivity index (χ4v) is 3.16. The van der Waals surface area contributed by atoms with Gasteiger partial charge in [-0.3, -0.25) is 14.5 Å². The summed E-state index contributed by atoms with van der Waals surface area (Å²) >= 11 is 0. The fraction of sp³-hybridized carbons (Fsp3) is 0.562.